The van der Waals surface area contributed by atoms with Gasteiger partial charge in [-0.2, -0.15) is 0 Å². The molecule has 8 heteroatoms. The van der Waals surface area contributed by atoms with Crippen molar-refractivity contribution < 1.29 is 19.4 Å². The van der Waals surface area contributed by atoms with Gasteiger partial charge in [-0.1, -0.05) is 23.2 Å². The summed E-state index contributed by atoms with van der Waals surface area (Å²) in [4.78, 5) is 25.5. The number of halogens is 2. The predicted octanol–water partition coefficient (Wildman–Crippen LogP) is 1.62. The Morgan fingerprint density at radius 3 is 2.42 bits per heavy atom. The van der Waals surface area contributed by atoms with Crippen molar-refractivity contribution in [2.75, 3.05) is 0 Å². The van der Waals surface area contributed by atoms with Crippen LogP contribution in [0, 0.1) is 0 Å². The first kappa shape index (κ1) is 15.7. The number of carbonyl (C=O) groups is 2. The molecular formula is C11H12Cl2N2O4. The molecule has 0 aliphatic heterocycles. The summed E-state index contributed by atoms with van der Waals surface area (Å²) in [6.07, 6.45) is -0.457. The number of ether oxygens (including phenoxy) is 1. The molecule has 0 unspecified atom stereocenters. The van der Waals surface area contributed by atoms with Gasteiger partial charge in [-0.3, -0.25) is 9.59 Å². The van der Waals surface area contributed by atoms with Crippen LogP contribution in [0.15, 0.2) is 12.1 Å². The molecule has 0 saturated carbocycles. The second-order valence-corrected chi connectivity index (χ2v) is 4.62. The largest absolute Gasteiger partial charge is 0.481 e. The van der Waals surface area contributed by atoms with Crippen molar-refractivity contribution >= 4 is 35.1 Å². The Kier molecular flexibility index (Phi) is 6.01. The average Bonchev–Trinajstić information content (AvgIpc) is 2.23. The molecule has 0 spiro atoms. The summed E-state index contributed by atoms with van der Waals surface area (Å²) < 4.78 is 4.93. The van der Waals surface area contributed by atoms with Crippen molar-refractivity contribution in [3.8, 4) is 0 Å². The first-order valence-corrected chi connectivity index (χ1v) is 6.07. The number of nitrogens with two attached hydrogens (primary N) is 1. The molecule has 1 aromatic heterocycles. The number of aliphatic carboxylic acids is 1. The van der Waals surface area contributed by atoms with Gasteiger partial charge in [0.05, 0.1) is 12.8 Å². The summed E-state index contributed by atoms with van der Waals surface area (Å²) in [5, 5.41) is 8.89. The van der Waals surface area contributed by atoms with E-state index in [1.54, 1.807) is 0 Å². The Hall–Kier alpha value is -1.37. The molecule has 0 radical (unpaired) electrons. The molecule has 104 valence electrons. The van der Waals surface area contributed by atoms with Gasteiger partial charge < -0.3 is 15.6 Å². The molecule has 0 aromatic carbocycles. The molecule has 0 fully saturated rings. The summed E-state index contributed by atoms with van der Waals surface area (Å²) in [5.41, 5.74) is 6.05. The van der Waals surface area contributed by atoms with Gasteiger partial charge in [0.2, 0.25) is 0 Å². The molecule has 0 aliphatic rings. The van der Waals surface area contributed by atoms with Crippen LogP contribution in [0.4, 0.5) is 0 Å². The third-order valence-corrected chi connectivity index (χ3v) is 2.48. The Labute approximate surface area is 119 Å². The smallest absolute Gasteiger partial charge is 0.307 e. The van der Waals surface area contributed by atoms with Crippen LogP contribution in [0.5, 0.6) is 0 Å². The second-order valence-electron chi connectivity index (χ2n) is 3.84. The summed E-state index contributed by atoms with van der Waals surface area (Å²) >= 11 is 11.4. The van der Waals surface area contributed by atoms with E-state index in [2.05, 4.69) is 4.98 Å². The highest BCUT2D eigenvalue weighted by Gasteiger charge is 2.14. The van der Waals surface area contributed by atoms with Crippen molar-refractivity contribution in [2.24, 2.45) is 5.73 Å². The number of hydrogen-bond acceptors (Lipinski definition) is 5. The molecular weight excluding hydrogens is 295 g/mol. The topological polar surface area (TPSA) is 103 Å². The van der Waals surface area contributed by atoms with Gasteiger partial charge in [-0.05, 0) is 17.7 Å². The molecule has 0 bridgehead atoms. The minimum atomic E-state index is -1.06. The van der Waals surface area contributed by atoms with Crippen LogP contribution in [-0.2, 0) is 20.9 Å². The van der Waals surface area contributed by atoms with Crippen LogP contribution in [0.1, 0.15) is 18.4 Å². The van der Waals surface area contributed by atoms with Gasteiger partial charge in [0, 0.05) is 6.04 Å². The summed E-state index contributed by atoms with van der Waals surface area (Å²) in [6.45, 7) is -0.0272. The van der Waals surface area contributed by atoms with E-state index in [0.717, 1.165) is 0 Å². The van der Waals surface area contributed by atoms with E-state index in [9.17, 15) is 9.59 Å². The fourth-order valence-corrected chi connectivity index (χ4v) is 1.84. The molecule has 1 heterocycles. The van der Waals surface area contributed by atoms with Crippen molar-refractivity contribution in [1.29, 1.82) is 0 Å². The Bertz CT molecular complexity index is 462. The number of esters is 1. The van der Waals surface area contributed by atoms with Gasteiger partial charge in [-0.25, -0.2) is 4.98 Å². The minimum Gasteiger partial charge on any atom is -0.481 e. The number of carboxylic acids is 1. The van der Waals surface area contributed by atoms with Gasteiger partial charge in [0.15, 0.2) is 0 Å². The second kappa shape index (κ2) is 7.28. The fraction of sp³-hybridized carbons (Fsp3) is 0.364. The molecule has 0 saturated heterocycles. The van der Waals surface area contributed by atoms with E-state index >= 15 is 0 Å². The number of hydrogen-bond donors (Lipinski definition) is 2. The highest BCUT2D eigenvalue weighted by atomic mass is 35.5. The van der Waals surface area contributed by atoms with Crippen molar-refractivity contribution in [3.05, 3.63) is 28.0 Å². The first-order valence-electron chi connectivity index (χ1n) is 5.32. The molecule has 1 aromatic rings. The number of carbonyl (C=O) groups excluding carboxylic acids is 1. The molecule has 1 rings (SSSR count). The maximum atomic E-state index is 11.4. The van der Waals surface area contributed by atoms with Crippen molar-refractivity contribution in [2.45, 2.75) is 25.5 Å². The monoisotopic (exact) mass is 306 g/mol. The average molecular weight is 307 g/mol. The number of rotatable bonds is 6. The first-order chi connectivity index (χ1) is 8.86. The zero-order valence-electron chi connectivity index (χ0n) is 9.81. The van der Waals surface area contributed by atoms with E-state index in [-0.39, 0.29) is 29.8 Å². The standard InChI is InChI=1S/C11H12Cl2N2O4/c12-8-1-6(2-9(13)15-8)5-19-11(18)4-7(14)3-10(16)17/h1-2,7H,3-5,14H2,(H,16,17)/t7-/m0/s1. The Balaban J connectivity index is 2.43. The normalized spacial score (nSPS) is 11.9. The maximum Gasteiger partial charge on any atom is 0.307 e. The quantitative estimate of drug-likeness (QED) is 0.611. The molecule has 0 amide bonds. The number of nitrogens with zero attached hydrogens (tertiary/aromatic N) is 1. The Morgan fingerprint density at radius 2 is 1.89 bits per heavy atom. The van der Waals surface area contributed by atoms with Crippen LogP contribution >= 0.6 is 23.2 Å². The highest BCUT2D eigenvalue weighted by molar-refractivity contribution is 6.32. The number of pyridine rings is 1. The van der Waals surface area contributed by atoms with Crippen molar-refractivity contribution in [1.82, 2.24) is 4.98 Å². The molecule has 1 atom stereocenters. The van der Waals surface area contributed by atoms with Gasteiger partial charge in [0.1, 0.15) is 16.9 Å². The third kappa shape index (κ3) is 6.37. The van der Waals surface area contributed by atoms with E-state index in [1.165, 1.54) is 12.1 Å². The predicted molar refractivity (Wildman–Crippen MR) is 68.9 cm³/mol. The lowest BCUT2D eigenvalue weighted by molar-refractivity contribution is -0.145. The van der Waals surface area contributed by atoms with E-state index in [0.29, 0.717) is 5.56 Å². The van der Waals surface area contributed by atoms with E-state index in [1.807, 2.05) is 0 Å². The summed E-state index contributed by atoms with van der Waals surface area (Å²) in [6, 6.07) is 2.25. The van der Waals surface area contributed by atoms with Crippen LogP contribution < -0.4 is 5.73 Å². The van der Waals surface area contributed by atoms with Crippen LogP contribution in [0.3, 0.4) is 0 Å². The zero-order chi connectivity index (χ0) is 14.4. The van der Waals surface area contributed by atoms with E-state index in [4.69, 9.17) is 38.8 Å². The SMILES string of the molecule is N[C@@H](CC(=O)O)CC(=O)OCc1cc(Cl)nc(Cl)c1. The van der Waals surface area contributed by atoms with Gasteiger partial charge in [0.25, 0.3) is 0 Å². The molecule has 3 N–H and O–H groups in total. The summed E-state index contributed by atoms with van der Waals surface area (Å²) in [7, 11) is 0. The molecule has 19 heavy (non-hydrogen) atoms. The number of carboxylic acid groups (broad SMARTS) is 1. The van der Waals surface area contributed by atoms with Gasteiger partial charge in [-0.15, -0.1) is 0 Å². The van der Waals surface area contributed by atoms with Gasteiger partial charge >= 0.3 is 11.9 Å². The highest BCUT2D eigenvalue weighted by Crippen LogP contribution is 2.15. The van der Waals surface area contributed by atoms with Crippen LogP contribution in [0.25, 0.3) is 0 Å². The van der Waals surface area contributed by atoms with E-state index < -0.39 is 18.0 Å². The molecule has 6 nitrogen and oxygen atoms in total. The summed E-state index contributed by atoms with van der Waals surface area (Å²) in [5.74, 6) is -1.65. The lowest BCUT2D eigenvalue weighted by Crippen LogP contribution is -2.27. The lowest BCUT2D eigenvalue weighted by Gasteiger charge is -2.09. The third-order valence-electron chi connectivity index (χ3n) is 2.09. The van der Waals surface area contributed by atoms with Crippen molar-refractivity contribution in [3.63, 3.8) is 0 Å². The fourth-order valence-electron chi connectivity index (χ4n) is 1.33. The van der Waals surface area contributed by atoms with Crippen LogP contribution in [0.2, 0.25) is 10.3 Å². The Morgan fingerprint density at radius 1 is 1.32 bits per heavy atom. The zero-order valence-corrected chi connectivity index (χ0v) is 11.3. The minimum absolute atomic E-state index is 0.0272. The van der Waals surface area contributed by atoms with Crippen LogP contribution in [-0.4, -0.2) is 28.1 Å². The lowest BCUT2D eigenvalue weighted by atomic mass is 10.1. The number of aromatic nitrogens is 1. The molecule has 0 aliphatic carbocycles. The maximum absolute atomic E-state index is 11.4.